The summed E-state index contributed by atoms with van der Waals surface area (Å²) in [6, 6.07) is 0. The van der Waals surface area contributed by atoms with Crippen molar-refractivity contribution >= 4 is 0 Å². The number of alkyl halides is 3. The van der Waals surface area contributed by atoms with E-state index in [1.165, 1.54) is 38.5 Å². The molecule has 3 aliphatic rings. The van der Waals surface area contributed by atoms with Crippen molar-refractivity contribution in [2.75, 3.05) is 19.8 Å². The van der Waals surface area contributed by atoms with Gasteiger partial charge < -0.3 is 14.2 Å². The zero-order chi connectivity index (χ0) is 20.0. The summed E-state index contributed by atoms with van der Waals surface area (Å²) in [7, 11) is 0. The Labute approximate surface area is 167 Å². The molecular weight excluding hydrogens is 369 g/mol. The highest BCUT2D eigenvalue weighted by molar-refractivity contribution is 4.84. The Kier molecular flexibility index (Phi) is 8.48. The van der Waals surface area contributed by atoms with E-state index in [0.29, 0.717) is 31.7 Å². The standard InChI is InChI=1S/C22H37F3O3/c1-2-26-20-11-9-18(10-12-20)17-5-7-19(8-6-17)21-27-14-16(15-28-21)4-3-13-22(23,24)25/h16-21H,2-15H2,1H3/t16-,17-,18-,19-,20-,21-. The van der Waals surface area contributed by atoms with Gasteiger partial charge in [0.15, 0.2) is 6.29 Å². The normalized spacial score (nSPS) is 37.7. The summed E-state index contributed by atoms with van der Waals surface area (Å²) in [5.41, 5.74) is 0. The first-order valence-corrected chi connectivity index (χ1v) is 11.4. The maximum atomic E-state index is 12.3. The van der Waals surface area contributed by atoms with Gasteiger partial charge in [0, 0.05) is 24.9 Å². The van der Waals surface area contributed by atoms with Crippen molar-refractivity contribution in [1.82, 2.24) is 0 Å². The highest BCUT2D eigenvalue weighted by atomic mass is 19.4. The van der Waals surface area contributed by atoms with E-state index in [-0.39, 0.29) is 18.6 Å². The average Bonchev–Trinajstić information content (AvgIpc) is 2.69. The molecule has 2 aliphatic carbocycles. The maximum Gasteiger partial charge on any atom is 0.389 e. The van der Waals surface area contributed by atoms with Crippen LogP contribution >= 0.6 is 0 Å². The van der Waals surface area contributed by atoms with Gasteiger partial charge in [-0.2, -0.15) is 13.2 Å². The van der Waals surface area contributed by atoms with Crippen molar-refractivity contribution < 1.29 is 27.4 Å². The Balaban J connectivity index is 1.31. The van der Waals surface area contributed by atoms with Gasteiger partial charge in [-0.15, -0.1) is 0 Å². The van der Waals surface area contributed by atoms with Crippen LogP contribution in [0.2, 0.25) is 0 Å². The molecule has 0 N–H and O–H groups in total. The lowest BCUT2D eigenvalue weighted by Gasteiger charge is -2.41. The molecule has 1 saturated heterocycles. The Hall–Kier alpha value is -0.330. The summed E-state index contributed by atoms with van der Waals surface area (Å²) in [6.45, 7) is 3.99. The molecule has 164 valence electrons. The van der Waals surface area contributed by atoms with E-state index < -0.39 is 12.6 Å². The predicted molar refractivity (Wildman–Crippen MR) is 102 cm³/mol. The van der Waals surface area contributed by atoms with Gasteiger partial charge in [0.1, 0.15) is 0 Å². The predicted octanol–water partition coefficient (Wildman–Crippen LogP) is 6.11. The molecule has 0 spiro atoms. The summed E-state index contributed by atoms with van der Waals surface area (Å²) in [6.07, 6.45) is 6.12. The molecule has 0 bridgehead atoms. The van der Waals surface area contributed by atoms with Gasteiger partial charge in [0.05, 0.1) is 19.3 Å². The average molecular weight is 407 g/mol. The van der Waals surface area contributed by atoms with Crippen LogP contribution in [-0.2, 0) is 14.2 Å². The molecule has 0 aromatic rings. The molecule has 0 aromatic heterocycles. The summed E-state index contributed by atoms with van der Waals surface area (Å²) in [5, 5.41) is 0. The minimum Gasteiger partial charge on any atom is -0.379 e. The summed E-state index contributed by atoms with van der Waals surface area (Å²) in [4.78, 5) is 0. The van der Waals surface area contributed by atoms with Crippen LogP contribution in [0.5, 0.6) is 0 Å². The van der Waals surface area contributed by atoms with Crippen LogP contribution in [0.4, 0.5) is 13.2 Å². The first kappa shape index (κ1) is 22.4. The van der Waals surface area contributed by atoms with Crippen LogP contribution in [0.1, 0.15) is 77.6 Å². The molecule has 1 aliphatic heterocycles. The van der Waals surface area contributed by atoms with E-state index >= 15 is 0 Å². The fourth-order valence-electron chi connectivity index (χ4n) is 5.44. The van der Waals surface area contributed by atoms with E-state index in [1.54, 1.807) is 0 Å². The maximum absolute atomic E-state index is 12.3. The van der Waals surface area contributed by atoms with E-state index in [2.05, 4.69) is 6.92 Å². The van der Waals surface area contributed by atoms with Crippen molar-refractivity contribution in [3.63, 3.8) is 0 Å². The summed E-state index contributed by atoms with van der Waals surface area (Å²) >= 11 is 0. The molecular formula is C22H37F3O3. The quantitative estimate of drug-likeness (QED) is 0.510. The second-order valence-corrected chi connectivity index (χ2v) is 9.08. The van der Waals surface area contributed by atoms with Gasteiger partial charge in [-0.3, -0.25) is 0 Å². The third kappa shape index (κ3) is 6.88. The molecule has 28 heavy (non-hydrogen) atoms. The molecule has 0 atom stereocenters. The lowest BCUT2D eigenvalue weighted by atomic mass is 9.70. The molecule has 3 nitrogen and oxygen atoms in total. The van der Waals surface area contributed by atoms with E-state index in [0.717, 1.165) is 31.3 Å². The minimum absolute atomic E-state index is 0.107. The third-order valence-electron chi connectivity index (χ3n) is 7.05. The first-order chi connectivity index (χ1) is 13.4. The van der Waals surface area contributed by atoms with Crippen LogP contribution in [-0.4, -0.2) is 38.4 Å². The Bertz CT molecular complexity index is 433. The number of halogens is 3. The van der Waals surface area contributed by atoms with Crippen molar-refractivity contribution in [3.05, 3.63) is 0 Å². The Morgan fingerprint density at radius 1 is 0.821 bits per heavy atom. The number of hydrogen-bond donors (Lipinski definition) is 0. The van der Waals surface area contributed by atoms with Gasteiger partial charge in [-0.1, -0.05) is 0 Å². The number of ether oxygens (including phenoxy) is 3. The summed E-state index contributed by atoms with van der Waals surface area (Å²) < 4.78 is 54.4. The van der Waals surface area contributed by atoms with Gasteiger partial charge in [-0.25, -0.2) is 0 Å². The molecule has 2 saturated carbocycles. The summed E-state index contributed by atoms with van der Waals surface area (Å²) in [5.74, 6) is 2.24. The van der Waals surface area contributed by atoms with Gasteiger partial charge in [-0.05, 0) is 83.0 Å². The molecule has 0 unspecified atom stereocenters. The second kappa shape index (κ2) is 10.6. The zero-order valence-corrected chi connectivity index (χ0v) is 17.2. The first-order valence-electron chi connectivity index (χ1n) is 11.4. The molecule has 1 heterocycles. The fraction of sp³-hybridized carbons (Fsp3) is 1.00. The lowest BCUT2D eigenvalue weighted by Crippen LogP contribution is -2.39. The molecule has 3 fully saturated rings. The van der Waals surface area contributed by atoms with Crippen molar-refractivity contribution in [1.29, 1.82) is 0 Å². The third-order valence-corrected chi connectivity index (χ3v) is 7.05. The van der Waals surface area contributed by atoms with Crippen LogP contribution in [0.3, 0.4) is 0 Å². The number of rotatable bonds is 7. The van der Waals surface area contributed by atoms with E-state index in [1.807, 2.05) is 0 Å². The molecule has 6 heteroatoms. The van der Waals surface area contributed by atoms with Gasteiger partial charge in [0.25, 0.3) is 0 Å². The topological polar surface area (TPSA) is 27.7 Å². The fourth-order valence-corrected chi connectivity index (χ4v) is 5.44. The molecule has 3 rings (SSSR count). The zero-order valence-electron chi connectivity index (χ0n) is 17.2. The van der Waals surface area contributed by atoms with E-state index in [4.69, 9.17) is 14.2 Å². The lowest BCUT2D eigenvalue weighted by molar-refractivity contribution is -0.231. The largest absolute Gasteiger partial charge is 0.389 e. The highest BCUT2D eigenvalue weighted by Crippen LogP contribution is 2.42. The minimum atomic E-state index is -4.06. The van der Waals surface area contributed by atoms with Crippen molar-refractivity contribution in [2.24, 2.45) is 23.7 Å². The monoisotopic (exact) mass is 406 g/mol. The van der Waals surface area contributed by atoms with Crippen LogP contribution in [0, 0.1) is 23.7 Å². The molecule has 0 aromatic carbocycles. The number of hydrogen-bond acceptors (Lipinski definition) is 3. The highest BCUT2D eigenvalue weighted by Gasteiger charge is 2.36. The molecule has 0 amide bonds. The Morgan fingerprint density at radius 3 is 1.89 bits per heavy atom. The van der Waals surface area contributed by atoms with Crippen LogP contribution in [0.25, 0.3) is 0 Å². The van der Waals surface area contributed by atoms with Crippen LogP contribution < -0.4 is 0 Å². The second-order valence-electron chi connectivity index (χ2n) is 9.08. The van der Waals surface area contributed by atoms with Gasteiger partial charge >= 0.3 is 6.18 Å². The van der Waals surface area contributed by atoms with Crippen molar-refractivity contribution in [3.8, 4) is 0 Å². The van der Waals surface area contributed by atoms with Crippen LogP contribution in [0.15, 0.2) is 0 Å². The Morgan fingerprint density at radius 2 is 1.36 bits per heavy atom. The van der Waals surface area contributed by atoms with Crippen molar-refractivity contribution in [2.45, 2.75) is 96.1 Å². The molecule has 0 radical (unpaired) electrons. The smallest absolute Gasteiger partial charge is 0.379 e. The van der Waals surface area contributed by atoms with Gasteiger partial charge in [0.2, 0.25) is 0 Å². The van der Waals surface area contributed by atoms with E-state index in [9.17, 15) is 13.2 Å². The SMILES string of the molecule is CCO[C@H]1CC[C@H]([C@H]2CC[C@H]([C@H]3OC[C@H](CCCC(F)(F)F)CO3)CC2)CC1.